The van der Waals surface area contributed by atoms with E-state index in [2.05, 4.69) is 0 Å². The molecule has 1 aromatic heterocycles. The van der Waals surface area contributed by atoms with Crippen LogP contribution in [0.2, 0.25) is 0 Å². The summed E-state index contributed by atoms with van der Waals surface area (Å²) in [5, 5.41) is 57.8. The zero-order chi connectivity index (χ0) is 38.4. The maximum atomic E-state index is 13.5. The third-order valence-electron chi connectivity index (χ3n) is 6.93. The molecule has 0 unspecified atom stereocenters. The molecule has 0 radical (unpaired) electrons. The van der Waals surface area contributed by atoms with Gasteiger partial charge in [-0.3, -0.25) is 45.3 Å². The fourth-order valence-corrected chi connectivity index (χ4v) is 4.67. The first-order chi connectivity index (χ1) is 24.2. The van der Waals surface area contributed by atoms with Gasteiger partial charge < -0.3 is 19.0 Å². The monoisotopic (exact) mass is 738 g/mol. The van der Waals surface area contributed by atoms with Gasteiger partial charge in [0.05, 0.1) is 30.8 Å². The van der Waals surface area contributed by atoms with Crippen LogP contribution in [0.15, 0.2) is 75.9 Å². The molecule has 0 fully saturated rings. The van der Waals surface area contributed by atoms with Gasteiger partial charge in [-0.2, -0.15) is 26.3 Å². The summed E-state index contributed by atoms with van der Waals surface area (Å²) in [7, 11) is 0. The molecule has 52 heavy (non-hydrogen) atoms. The number of nitro groups is 4. The molecule has 0 aliphatic rings. The van der Waals surface area contributed by atoms with Crippen molar-refractivity contribution in [2.24, 2.45) is 0 Å². The average molecular weight is 738 g/mol. The predicted molar refractivity (Wildman–Crippen MR) is 159 cm³/mol. The fraction of sp³-hybridized carbons (Fsp3) is 0.0690. The largest absolute Gasteiger partial charge is 0.504 e. The summed E-state index contributed by atoms with van der Waals surface area (Å²) in [6.45, 7) is 0. The zero-order valence-electron chi connectivity index (χ0n) is 24.8. The van der Waals surface area contributed by atoms with Crippen molar-refractivity contribution in [1.82, 2.24) is 0 Å². The number of phenolic OH excluding ortho intramolecular Hbond substituents is 1. The normalized spacial score (nSPS) is 11.7. The second-order valence-corrected chi connectivity index (χ2v) is 10.2. The summed E-state index contributed by atoms with van der Waals surface area (Å²) in [6, 6.07) is 8.04. The maximum absolute atomic E-state index is 13.5. The summed E-state index contributed by atoms with van der Waals surface area (Å²) in [6.07, 6.45) is -10.8. The molecule has 0 amide bonds. The van der Waals surface area contributed by atoms with E-state index in [1.807, 2.05) is 0 Å². The first-order valence-electron chi connectivity index (χ1n) is 13.5. The van der Waals surface area contributed by atoms with Gasteiger partial charge in [-0.15, -0.1) is 0 Å². The van der Waals surface area contributed by atoms with Gasteiger partial charge in [0, 0.05) is 42.0 Å². The lowest BCUT2D eigenvalue weighted by atomic mass is 10.1. The lowest BCUT2D eigenvalue weighted by molar-refractivity contribution is -0.396. The van der Waals surface area contributed by atoms with E-state index in [0.717, 1.165) is 6.07 Å². The van der Waals surface area contributed by atoms with Crippen molar-refractivity contribution in [2.75, 3.05) is 0 Å². The van der Waals surface area contributed by atoms with E-state index < -0.39 is 111 Å². The number of rotatable bonds is 9. The summed E-state index contributed by atoms with van der Waals surface area (Å²) >= 11 is 0. The van der Waals surface area contributed by atoms with Crippen LogP contribution >= 0.6 is 0 Å². The van der Waals surface area contributed by atoms with Gasteiger partial charge in [0.2, 0.25) is 5.75 Å². The van der Waals surface area contributed by atoms with Crippen LogP contribution in [0.3, 0.4) is 0 Å². The number of benzene rings is 4. The number of phenols is 1. The highest BCUT2D eigenvalue weighted by Crippen LogP contribution is 2.53. The first-order valence-corrected chi connectivity index (χ1v) is 13.5. The summed E-state index contributed by atoms with van der Waals surface area (Å²) in [5.41, 5.74) is -12.4. The van der Waals surface area contributed by atoms with Crippen molar-refractivity contribution in [1.29, 1.82) is 0 Å². The third kappa shape index (κ3) is 6.76. The number of hydrogen-bond acceptors (Lipinski definition) is 13. The van der Waals surface area contributed by atoms with Crippen molar-refractivity contribution in [2.45, 2.75) is 12.4 Å². The molecule has 5 rings (SSSR count). The topological polar surface area (TPSA) is 241 Å². The number of alkyl halides is 6. The highest BCUT2D eigenvalue weighted by Gasteiger charge is 2.41. The van der Waals surface area contributed by atoms with Crippen molar-refractivity contribution in [3.63, 3.8) is 0 Å². The molecule has 268 valence electrons. The van der Waals surface area contributed by atoms with Crippen LogP contribution in [0.5, 0.6) is 28.7 Å². The van der Waals surface area contributed by atoms with Crippen LogP contribution in [0.25, 0.3) is 22.3 Å². The molecule has 0 aliphatic carbocycles. The molecule has 0 saturated carbocycles. The highest BCUT2D eigenvalue weighted by molar-refractivity contribution is 5.90. The smallest absolute Gasteiger partial charge is 0.416 e. The second-order valence-electron chi connectivity index (χ2n) is 10.2. The molecule has 0 spiro atoms. The molecule has 0 bridgehead atoms. The van der Waals surface area contributed by atoms with Crippen LogP contribution in [-0.2, 0) is 12.4 Å². The Morgan fingerprint density at radius 1 is 0.615 bits per heavy atom. The van der Waals surface area contributed by atoms with Crippen molar-refractivity contribution in [3.8, 4) is 40.1 Å². The third-order valence-corrected chi connectivity index (χ3v) is 6.93. The molecule has 0 saturated heterocycles. The first kappa shape index (κ1) is 36.0. The van der Waals surface area contributed by atoms with E-state index in [-0.39, 0.29) is 35.6 Å². The molecule has 0 aliphatic heterocycles. The van der Waals surface area contributed by atoms with Crippen LogP contribution < -0.4 is 14.9 Å². The number of ether oxygens (including phenoxy) is 2. The van der Waals surface area contributed by atoms with Gasteiger partial charge in [0.15, 0.2) is 16.9 Å². The molecule has 17 nitrogen and oxygen atoms in total. The molecule has 23 heteroatoms. The van der Waals surface area contributed by atoms with Crippen molar-refractivity contribution >= 4 is 33.7 Å². The lowest BCUT2D eigenvalue weighted by Crippen LogP contribution is -2.09. The van der Waals surface area contributed by atoms with Gasteiger partial charge >= 0.3 is 35.1 Å². The van der Waals surface area contributed by atoms with Crippen molar-refractivity contribution in [3.05, 3.63) is 129 Å². The summed E-state index contributed by atoms with van der Waals surface area (Å²) in [5.74, 6) is -7.72. The minimum absolute atomic E-state index is 0.178. The van der Waals surface area contributed by atoms with Crippen molar-refractivity contribution < 1.29 is 65.0 Å². The Hall–Kier alpha value is -7.33. The molecular formula is C29H12F6N4O13. The number of fused-ring (bicyclic) bond motifs is 1. The minimum Gasteiger partial charge on any atom is -0.504 e. The van der Waals surface area contributed by atoms with Gasteiger partial charge in [0.25, 0.3) is 11.5 Å². The summed E-state index contributed by atoms with van der Waals surface area (Å²) < 4.78 is 97.2. The fourth-order valence-electron chi connectivity index (χ4n) is 4.67. The minimum atomic E-state index is -5.40. The Bertz CT molecular complexity index is 2330. The van der Waals surface area contributed by atoms with E-state index in [0.29, 0.717) is 6.07 Å². The molecule has 4 aromatic carbocycles. The Kier molecular flexibility index (Phi) is 8.89. The molecule has 1 N–H and O–H groups in total. The standard InChI is InChI=1S/C29H12F6N4O13/c30-28(31,32)13-6-15(36(42)43)25(16(7-13)37(44)45)51-22-11-21-23(19(40)10-20(50-21)12-4-2-1-3-5-12)24(41)27(22)52-26-17(38(46)47)8-14(29(33,34)35)9-18(26)39(48)49/h1-11,41H. The highest BCUT2D eigenvalue weighted by atomic mass is 19.4. The predicted octanol–water partition coefficient (Wildman–Crippen LogP) is 8.42. The van der Waals surface area contributed by atoms with E-state index in [1.54, 1.807) is 6.07 Å². The number of halogens is 6. The van der Waals surface area contributed by atoms with Crippen LogP contribution in [0.1, 0.15) is 11.1 Å². The number of nitro benzene ring substituents is 4. The summed E-state index contributed by atoms with van der Waals surface area (Å²) in [4.78, 5) is 54.5. The number of hydrogen-bond donors (Lipinski definition) is 1. The van der Waals surface area contributed by atoms with Gasteiger partial charge in [-0.25, -0.2) is 0 Å². The zero-order valence-corrected chi connectivity index (χ0v) is 24.8. The van der Waals surface area contributed by atoms with E-state index in [9.17, 15) is 76.7 Å². The van der Waals surface area contributed by atoms with Crippen LogP contribution in [0.4, 0.5) is 49.1 Å². The molecular weight excluding hydrogens is 726 g/mol. The Morgan fingerprint density at radius 3 is 1.44 bits per heavy atom. The second kappa shape index (κ2) is 12.8. The van der Waals surface area contributed by atoms with Crippen LogP contribution in [0, 0.1) is 40.5 Å². The quantitative estimate of drug-likeness (QED) is 0.0849. The average Bonchev–Trinajstić information content (AvgIpc) is 3.04. The Morgan fingerprint density at radius 2 is 1.04 bits per heavy atom. The van der Waals surface area contributed by atoms with Gasteiger partial charge in [0.1, 0.15) is 16.7 Å². The maximum Gasteiger partial charge on any atom is 0.416 e. The Labute approximate surface area is 280 Å². The van der Waals surface area contributed by atoms with Crippen LogP contribution in [-0.4, -0.2) is 24.8 Å². The van der Waals surface area contributed by atoms with E-state index >= 15 is 0 Å². The van der Waals surface area contributed by atoms with E-state index in [4.69, 9.17) is 13.9 Å². The van der Waals surface area contributed by atoms with Gasteiger partial charge in [-0.05, 0) is 0 Å². The molecule has 5 aromatic rings. The van der Waals surface area contributed by atoms with Gasteiger partial charge in [-0.1, -0.05) is 30.3 Å². The number of nitrogens with zero attached hydrogens (tertiary/aromatic N) is 4. The molecule has 1 heterocycles. The van der Waals surface area contributed by atoms with E-state index in [1.165, 1.54) is 24.3 Å². The SMILES string of the molecule is O=c1cc(-c2ccccc2)oc2cc(Oc3c([N+](=O)[O-])cc(C(F)(F)F)cc3[N+](=O)[O-])c(Oc3c([N+](=O)[O-])cc(C(F)(F)F)cc3[N+](=O)[O-])c(O)c12. The lowest BCUT2D eigenvalue weighted by Gasteiger charge is -2.17. The number of aromatic hydroxyl groups is 1. The Balaban J connectivity index is 1.88. The molecule has 0 atom stereocenters.